The number of carbonyl (C=O) groups is 1. The van der Waals surface area contributed by atoms with E-state index in [4.69, 9.17) is 10.00 Å². The summed E-state index contributed by atoms with van der Waals surface area (Å²) < 4.78 is 56.7. The second-order valence-corrected chi connectivity index (χ2v) is 8.65. The van der Waals surface area contributed by atoms with Gasteiger partial charge in [0, 0.05) is 0 Å². The lowest BCUT2D eigenvalue weighted by molar-refractivity contribution is -0.157. The average Bonchev–Trinajstić information content (AvgIpc) is 2.79. The van der Waals surface area contributed by atoms with E-state index in [1.807, 2.05) is 6.08 Å². The number of esters is 1. The molecule has 0 spiro atoms. The first kappa shape index (κ1) is 24.0. The number of allylic oxidation sites excluding steroid dienone is 4. The molecule has 0 radical (unpaired) electrons. The van der Waals surface area contributed by atoms with Crippen molar-refractivity contribution in [1.82, 2.24) is 0 Å². The Morgan fingerprint density at radius 2 is 1.62 bits per heavy atom. The Hall–Kier alpha value is -2.62. The summed E-state index contributed by atoms with van der Waals surface area (Å²) >= 11 is 0. The van der Waals surface area contributed by atoms with E-state index in [0.29, 0.717) is 12.8 Å². The number of ether oxygens (including phenoxy) is 1. The van der Waals surface area contributed by atoms with Crippen molar-refractivity contribution in [1.29, 1.82) is 5.26 Å². The monoisotopic (exact) mass is 449 g/mol. The van der Waals surface area contributed by atoms with E-state index in [2.05, 4.69) is 0 Å². The van der Waals surface area contributed by atoms with Crippen LogP contribution in [0.1, 0.15) is 68.4 Å². The highest BCUT2D eigenvalue weighted by molar-refractivity contribution is 5.72. The van der Waals surface area contributed by atoms with Crippen LogP contribution >= 0.6 is 0 Å². The molecule has 1 aromatic rings. The van der Waals surface area contributed by atoms with Crippen molar-refractivity contribution < 1.29 is 27.1 Å². The number of hydrogen-bond donors (Lipinski definition) is 0. The highest BCUT2D eigenvalue weighted by Gasteiger charge is 2.32. The molecule has 0 heterocycles. The highest BCUT2D eigenvalue weighted by Crippen LogP contribution is 2.37. The van der Waals surface area contributed by atoms with Gasteiger partial charge < -0.3 is 4.74 Å². The predicted octanol–water partition coefficient (Wildman–Crippen LogP) is 7.01. The van der Waals surface area contributed by atoms with Crippen LogP contribution in [0.2, 0.25) is 0 Å². The molecule has 0 aromatic heterocycles. The van der Waals surface area contributed by atoms with E-state index in [9.17, 15) is 22.4 Å². The minimum Gasteiger partial charge on any atom is -0.462 e. The van der Waals surface area contributed by atoms with Gasteiger partial charge >= 0.3 is 12.1 Å². The molecule has 0 amide bonds. The van der Waals surface area contributed by atoms with Gasteiger partial charge in [-0.1, -0.05) is 24.3 Å². The molecule has 2 aliphatic rings. The summed E-state index contributed by atoms with van der Waals surface area (Å²) in [5, 5.41) is 8.40. The highest BCUT2D eigenvalue weighted by atomic mass is 19.4. The van der Waals surface area contributed by atoms with Gasteiger partial charge in [0.1, 0.15) is 12.2 Å². The summed E-state index contributed by atoms with van der Waals surface area (Å²) in [6, 6.07) is 6.79. The van der Waals surface area contributed by atoms with E-state index in [0.717, 1.165) is 62.3 Å². The average molecular weight is 449 g/mol. The van der Waals surface area contributed by atoms with Crippen molar-refractivity contribution in [2.45, 2.75) is 69.6 Å². The second kappa shape index (κ2) is 10.8. The van der Waals surface area contributed by atoms with Gasteiger partial charge in [0.2, 0.25) is 0 Å². The third kappa shape index (κ3) is 6.69. The van der Waals surface area contributed by atoms with Crippen molar-refractivity contribution in [2.24, 2.45) is 11.8 Å². The van der Waals surface area contributed by atoms with E-state index in [-0.39, 0.29) is 29.8 Å². The normalized spacial score (nSPS) is 27.2. The zero-order valence-electron chi connectivity index (χ0n) is 17.8. The third-order valence-corrected chi connectivity index (χ3v) is 6.50. The summed E-state index contributed by atoms with van der Waals surface area (Å²) in [6.07, 6.45) is 6.19. The smallest absolute Gasteiger partial charge is 0.416 e. The summed E-state index contributed by atoms with van der Waals surface area (Å²) in [5.41, 5.74) is 0.263. The van der Waals surface area contributed by atoms with Crippen LogP contribution in [0.15, 0.2) is 48.3 Å². The second-order valence-electron chi connectivity index (χ2n) is 8.65. The molecule has 0 saturated heterocycles. The number of nitriles is 1. The Morgan fingerprint density at radius 1 is 1.00 bits per heavy atom. The number of carbonyl (C=O) groups excluding carboxylic acids is 1. The number of hydrogen-bond acceptors (Lipinski definition) is 3. The molecule has 3 rings (SSSR count). The first-order valence-corrected chi connectivity index (χ1v) is 11.1. The summed E-state index contributed by atoms with van der Waals surface area (Å²) in [7, 11) is 0. The van der Waals surface area contributed by atoms with E-state index in [1.165, 1.54) is 6.07 Å². The lowest BCUT2D eigenvalue weighted by atomic mass is 9.81. The maximum absolute atomic E-state index is 12.8. The summed E-state index contributed by atoms with van der Waals surface area (Å²) in [5.74, 6) is -0.665. The first-order valence-electron chi connectivity index (χ1n) is 11.1. The largest absolute Gasteiger partial charge is 0.462 e. The molecular formula is C25H27F4NO2. The van der Waals surface area contributed by atoms with Gasteiger partial charge in [-0.3, -0.25) is 4.79 Å². The van der Waals surface area contributed by atoms with Gasteiger partial charge in [0.15, 0.2) is 5.83 Å². The van der Waals surface area contributed by atoms with Crippen LogP contribution in [0.4, 0.5) is 17.6 Å². The predicted molar refractivity (Wildman–Crippen MR) is 112 cm³/mol. The molecular weight excluding hydrogens is 422 g/mol. The standard InChI is InChI=1S/C25H27F4NO2/c26-22(16-30)3-1-2-17-4-6-20(7-5-17)24(31)32-23-14-10-19(11-15-23)18-8-12-21(13-9-18)25(27,28)29/h1-3,8-9,12-13,17,19-20,23H,4-7,10-11,14-15H2/t17-,19-,20-,23-. The minimum absolute atomic E-state index is 0.126. The number of nitrogens with zero attached hydrogens (tertiary/aromatic N) is 1. The molecule has 7 heteroatoms. The quantitative estimate of drug-likeness (QED) is 0.210. The minimum atomic E-state index is -4.33. The van der Waals surface area contributed by atoms with Crippen LogP contribution < -0.4 is 0 Å². The van der Waals surface area contributed by atoms with Gasteiger partial charge in [-0.05, 0) is 87.0 Å². The molecule has 172 valence electrons. The number of benzene rings is 1. The molecule has 1 aromatic carbocycles. The molecule has 0 atom stereocenters. The fourth-order valence-electron chi connectivity index (χ4n) is 4.60. The molecule has 2 fully saturated rings. The fourth-order valence-corrected chi connectivity index (χ4v) is 4.60. The maximum atomic E-state index is 12.8. The molecule has 0 N–H and O–H groups in total. The van der Waals surface area contributed by atoms with Crippen LogP contribution in [0.25, 0.3) is 0 Å². The molecule has 0 aliphatic heterocycles. The zero-order chi connectivity index (χ0) is 23.1. The molecule has 2 aliphatic carbocycles. The lowest BCUT2D eigenvalue weighted by Gasteiger charge is -2.31. The Morgan fingerprint density at radius 3 is 2.19 bits per heavy atom. The number of halogens is 4. The van der Waals surface area contributed by atoms with Gasteiger partial charge in [0.05, 0.1) is 11.5 Å². The summed E-state index contributed by atoms with van der Waals surface area (Å²) in [6.45, 7) is 0. The van der Waals surface area contributed by atoms with Crippen LogP contribution in [-0.4, -0.2) is 12.1 Å². The Labute approximate surface area is 185 Å². The van der Waals surface area contributed by atoms with Crippen molar-refractivity contribution in [3.8, 4) is 6.07 Å². The Bertz CT molecular complexity index is 867. The maximum Gasteiger partial charge on any atom is 0.416 e. The topological polar surface area (TPSA) is 50.1 Å². The van der Waals surface area contributed by atoms with Crippen molar-refractivity contribution in [2.75, 3.05) is 0 Å². The summed E-state index contributed by atoms with van der Waals surface area (Å²) in [4.78, 5) is 12.6. The van der Waals surface area contributed by atoms with Gasteiger partial charge in [-0.15, -0.1) is 0 Å². The van der Waals surface area contributed by atoms with E-state index >= 15 is 0 Å². The molecule has 32 heavy (non-hydrogen) atoms. The Kier molecular flexibility index (Phi) is 8.11. The van der Waals surface area contributed by atoms with Gasteiger partial charge in [-0.2, -0.15) is 22.8 Å². The van der Waals surface area contributed by atoms with Gasteiger partial charge in [0.25, 0.3) is 0 Å². The fraction of sp³-hybridized carbons (Fsp3) is 0.520. The lowest BCUT2D eigenvalue weighted by Crippen LogP contribution is -2.29. The third-order valence-electron chi connectivity index (χ3n) is 6.50. The molecule has 3 nitrogen and oxygen atoms in total. The zero-order valence-corrected chi connectivity index (χ0v) is 17.8. The number of alkyl halides is 3. The Balaban J connectivity index is 1.41. The van der Waals surface area contributed by atoms with Crippen LogP contribution in [0.5, 0.6) is 0 Å². The van der Waals surface area contributed by atoms with E-state index in [1.54, 1.807) is 18.2 Å². The van der Waals surface area contributed by atoms with Crippen LogP contribution in [0.3, 0.4) is 0 Å². The number of rotatable bonds is 5. The van der Waals surface area contributed by atoms with Crippen molar-refractivity contribution in [3.63, 3.8) is 0 Å². The van der Waals surface area contributed by atoms with Crippen molar-refractivity contribution >= 4 is 5.97 Å². The van der Waals surface area contributed by atoms with Gasteiger partial charge in [-0.25, -0.2) is 0 Å². The molecule has 2 saturated carbocycles. The molecule has 0 bridgehead atoms. The SMILES string of the molecule is N#CC(F)=CC=C[C@H]1CC[C@H](C(=O)O[C@H]2CC[C@H](c3ccc(C(F)(F)F)cc3)CC2)CC1. The van der Waals surface area contributed by atoms with E-state index < -0.39 is 17.6 Å². The van der Waals surface area contributed by atoms with Crippen LogP contribution in [-0.2, 0) is 15.7 Å². The van der Waals surface area contributed by atoms with Crippen LogP contribution in [0, 0.1) is 23.2 Å². The molecule has 0 unspecified atom stereocenters. The first-order chi connectivity index (χ1) is 15.3. The van der Waals surface area contributed by atoms with Crippen molar-refractivity contribution in [3.05, 3.63) is 59.4 Å².